The number of halogens is 4. The van der Waals surface area contributed by atoms with Crippen LogP contribution in [0.3, 0.4) is 0 Å². The van der Waals surface area contributed by atoms with Gasteiger partial charge in [-0.1, -0.05) is 11.6 Å². The van der Waals surface area contributed by atoms with E-state index in [-0.39, 0.29) is 5.56 Å². The Labute approximate surface area is 131 Å². The Hall–Kier alpha value is -0.910. The lowest BCUT2D eigenvalue weighted by atomic mass is 10.2. The molecule has 2 nitrogen and oxygen atoms in total. The molecule has 0 unspecified atom stereocenters. The number of carbonyl (C=O) groups excluding carboxylic acids is 1. The minimum atomic E-state index is -0.485. The fourth-order valence-electron chi connectivity index (χ4n) is 1.41. The number of benzene rings is 2. The van der Waals surface area contributed by atoms with Gasteiger partial charge < -0.3 is 5.32 Å². The zero-order chi connectivity index (χ0) is 14.0. The Balaban J connectivity index is 2.20. The highest BCUT2D eigenvalue weighted by molar-refractivity contribution is 9.10. The monoisotopic (exact) mass is 405 g/mol. The van der Waals surface area contributed by atoms with E-state index in [1.807, 2.05) is 0 Å². The molecule has 0 aliphatic rings. The number of nitrogens with one attached hydrogen (secondary N) is 1. The Kier molecular flexibility index (Phi) is 4.60. The van der Waals surface area contributed by atoms with Crippen LogP contribution in [-0.4, -0.2) is 5.91 Å². The topological polar surface area (TPSA) is 29.1 Å². The van der Waals surface area contributed by atoms with Gasteiger partial charge in [0.2, 0.25) is 0 Å². The third-order valence-corrected chi connectivity index (χ3v) is 4.23. The van der Waals surface area contributed by atoms with Crippen LogP contribution in [0.2, 0.25) is 5.02 Å². The van der Waals surface area contributed by atoms with Gasteiger partial charge >= 0.3 is 0 Å². The highest BCUT2D eigenvalue weighted by Crippen LogP contribution is 2.26. The first-order chi connectivity index (χ1) is 8.97. The van der Waals surface area contributed by atoms with Gasteiger partial charge in [-0.05, 0) is 68.3 Å². The van der Waals surface area contributed by atoms with Crippen molar-refractivity contribution in [1.29, 1.82) is 0 Å². The summed E-state index contributed by atoms with van der Waals surface area (Å²) >= 11 is 12.2. The van der Waals surface area contributed by atoms with Gasteiger partial charge in [0.1, 0.15) is 5.82 Å². The zero-order valence-corrected chi connectivity index (χ0v) is 13.3. The van der Waals surface area contributed by atoms with Crippen molar-refractivity contribution in [2.24, 2.45) is 0 Å². The van der Waals surface area contributed by atoms with Crippen LogP contribution >= 0.6 is 43.5 Å². The second-order valence-corrected chi connectivity index (χ2v) is 5.83. The summed E-state index contributed by atoms with van der Waals surface area (Å²) in [6.07, 6.45) is 0. The van der Waals surface area contributed by atoms with E-state index >= 15 is 0 Å². The van der Waals surface area contributed by atoms with E-state index in [9.17, 15) is 9.18 Å². The van der Waals surface area contributed by atoms with Gasteiger partial charge in [-0.3, -0.25) is 4.79 Å². The molecule has 6 heteroatoms. The predicted molar refractivity (Wildman–Crippen MR) is 81.2 cm³/mol. The van der Waals surface area contributed by atoms with Gasteiger partial charge in [0, 0.05) is 15.7 Å². The second kappa shape index (κ2) is 6.03. The Bertz CT molecular complexity index is 649. The number of hydrogen-bond donors (Lipinski definition) is 1. The van der Waals surface area contributed by atoms with Gasteiger partial charge in [0.05, 0.1) is 9.50 Å². The fraction of sp³-hybridized carbons (Fsp3) is 0. The molecule has 98 valence electrons. The maximum absolute atomic E-state index is 13.3. The van der Waals surface area contributed by atoms with Crippen molar-refractivity contribution >= 4 is 55.1 Å². The first kappa shape index (κ1) is 14.5. The minimum absolute atomic E-state index is 0.236. The summed E-state index contributed by atoms with van der Waals surface area (Å²) in [5.74, 6) is -0.883. The standard InChI is InChI=1S/C13H7Br2ClFNO/c14-9-4-2-8(6-11(9)16)18-13(19)7-1-3-10(15)12(17)5-7/h1-6H,(H,18,19). The third-order valence-electron chi connectivity index (χ3n) is 2.36. The van der Waals surface area contributed by atoms with Crippen LogP contribution in [-0.2, 0) is 0 Å². The number of amides is 1. The van der Waals surface area contributed by atoms with E-state index in [1.54, 1.807) is 18.2 Å². The average Bonchev–Trinajstić information content (AvgIpc) is 2.37. The highest BCUT2D eigenvalue weighted by atomic mass is 79.9. The highest BCUT2D eigenvalue weighted by Gasteiger charge is 2.09. The normalized spacial score (nSPS) is 10.3. The first-order valence-corrected chi connectivity index (χ1v) is 7.15. The summed E-state index contributed by atoms with van der Waals surface area (Å²) in [6.45, 7) is 0. The molecule has 0 bridgehead atoms. The Morgan fingerprint density at radius 3 is 2.42 bits per heavy atom. The molecule has 0 heterocycles. The van der Waals surface area contributed by atoms with Crippen LogP contribution in [0.15, 0.2) is 45.3 Å². The summed E-state index contributed by atoms with van der Waals surface area (Å²) in [7, 11) is 0. The molecule has 2 aromatic carbocycles. The number of hydrogen-bond acceptors (Lipinski definition) is 1. The molecule has 2 rings (SSSR count). The van der Waals surface area contributed by atoms with Gasteiger partial charge in [0.25, 0.3) is 5.91 Å². The van der Waals surface area contributed by atoms with Crippen LogP contribution < -0.4 is 5.32 Å². The van der Waals surface area contributed by atoms with Gasteiger partial charge in [0.15, 0.2) is 0 Å². The van der Waals surface area contributed by atoms with Gasteiger partial charge in [-0.15, -0.1) is 0 Å². The van der Waals surface area contributed by atoms with Crippen molar-refractivity contribution in [2.75, 3.05) is 5.32 Å². The predicted octanol–water partition coefficient (Wildman–Crippen LogP) is 5.26. The van der Waals surface area contributed by atoms with Crippen molar-refractivity contribution in [2.45, 2.75) is 0 Å². The molecule has 0 fully saturated rings. The molecule has 0 saturated heterocycles. The van der Waals surface area contributed by atoms with E-state index in [2.05, 4.69) is 37.2 Å². The lowest BCUT2D eigenvalue weighted by Gasteiger charge is -2.07. The molecular weight excluding hydrogens is 400 g/mol. The van der Waals surface area contributed by atoms with E-state index in [4.69, 9.17) is 11.6 Å². The number of anilines is 1. The summed E-state index contributed by atoms with van der Waals surface area (Å²) in [6, 6.07) is 9.21. The van der Waals surface area contributed by atoms with Crippen molar-refractivity contribution < 1.29 is 9.18 Å². The maximum atomic E-state index is 13.3. The molecule has 0 radical (unpaired) electrons. The zero-order valence-electron chi connectivity index (χ0n) is 9.38. The smallest absolute Gasteiger partial charge is 0.255 e. The van der Waals surface area contributed by atoms with Crippen LogP contribution in [0.5, 0.6) is 0 Å². The number of carbonyl (C=O) groups is 1. The fourth-order valence-corrected chi connectivity index (χ4v) is 2.09. The van der Waals surface area contributed by atoms with Crippen molar-refractivity contribution in [3.05, 3.63) is 61.7 Å². The molecule has 0 aromatic heterocycles. The van der Waals surface area contributed by atoms with Gasteiger partial charge in [-0.25, -0.2) is 4.39 Å². The molecular formula is C13H7Br2ClFNO. The summed E-state index contributed by atoms with van der Waals surface area (Å²) in [5.41, 5.74) is 0.779. The molecule has 1 amide bonds. The molecule has 1 N–H and O–H groups in total. The second-order valence-electron chi connectivity index (χ2n) is 3.71. The lowest BCUT2D eigenvalue weighted by molar-refractivity contribution is 0.102. The average molecular weight is 407 g/mol. The minimum Gasteiger partial charge on any atom is -0.322 e. The van der Waals surface area contributed by atoms with Gasteiger partial charge in [-0.2, -0.15) is 0 Å². The molecule has 0 spiro atoms. The molecule has 2 aromatic rings. The van der Waals surface area contributed by atoms with Crippen LogP contribution in [0.25, 0.3) is 0 Å². The Morgan fingerprint density at radius 2 is 1.79 bits per heavy atom. The largest absolute Gasteiger partial charge is 0.322 e. The summed E-state index contributed by atoms with van der Waals surface area (Å²) in [5, 5.41) is 3.13. The lowest BCUT2D eigenvalue weighted by Crippen LogP contribution is -2.12. The van der Waals surface area contributed by atoms with Crippen molar-refractivity contribution in [3.8, 4) is 0 Å². The van der Waals surface area contributed by atoms with E-state index in [1.165, 1.54) is 18.2 Å². The SMILES string of the molecule is O=C(Nc1ccc(Br)c(Cl)c1)c1ccc(Br)c(F)c1. The molecule has 0 saturated carbocycles. The maximum Gasteiger partial charge on any atom is 0.255 e. The van der Waals surface area contributed by atoms with Crippen LogP contribution in [0, 0.1) is 5.82 Å². The Morgan fingerprint density at radius 1 is 1.11 bits per heavy atom. The van der Waals surface area contributed by atoms with Crippen molar-refractivity contribution in [1.82, 2.24) is 0 Å². The number of rotatable bonds is 2. The summed E-state index contributed by atoms with van der Waals surface area (Å²) < 4.78 is 14.4. The van der Waals surface area contributed by atoms with E-state index < -0.39 is 11.7 Å². The van der Waals surface area contributed by atoms with Crippen molar-refractivity contribution in [3.63, 3.8) is 0 Å². The first-order valence-electron chi connectivity index (χ1n) is 5.19. The van der Waals surface area contributed by atoms with E-state index in [0.717, 1.165) is 4.47 Å². The van der Waals surface area contributed by atoms with Crippen LogP contribution in [0.1, 0.15) is 10.4 Å². The molecule has 19 heavy (non-hydrogen) atoms. The summed E-state index contributed by atoms with van der Waals surface area (Å²) in [4.78, 5) is 11.9. The third kappa shape index (κ3) is 3.55. The van der Waals surface area contributed by atoms with Crippen LogP contribution in [0.4, 0.5) is 10.1 Å². The molecule has 0 aliphatic heterocycles. The molecule has 0 atom stereocenters. The quantitative estimate of drug-likeness (QED) is 0.723. The van der Waals surface area contributed by atoms with E-state index in [0.29, 0.717) is 15.2 Å². The molecule has 0 aliphatic carbocycles.